The zero-order valence-electron chi connectivity index (χ0n) is 14.0. The summed E-state index contributed by atoms with van der Waals surface area (Å²) in [6.45, 7) is 0. The van der Waals surface area contributed by atoms with Gasteiger partial charge in [-0.15, -0.1) is 11.3 Å². The van der Waals surface area contributed by atoms with Crippen LogP contribution in [-0.2, 0) is 0 Å². The first-order chi connectivity index (χ1) is 12.7. The van der Waals surface area contributed by atoms with Crippen molar-refractivity contribution in [2.24, 2.45) is 0 Å². The van der Waals surface area contributed by atoms with Crippen molar-refractivity contribution < 1.29 is 19.1 Å². The van der Waals surface area contributed by atoms with E-state index in [1.54, 1.807) is 32.3 Å². The van der Waals surface area contributed by atoms with Crippen molar-refractivity contribution in [1.29, 1.82) is 0 Å². The van der Waals surface area contributed by atoms with Crippen molar-refractivity contribution in [3.8, 4) is 0 Å². The molecule has 3 aromatic rings. The monoisotopic (exact) mass is 426 g/mol. The molecule has 0 fully saturated rings. The molecule has 0 bridgehead atoms. The fourth-order valence-electron chi connectivity index (χ4n) is 2.38. The summed E-state index contributed by atoms with van der Waals surface area (Å²) in [7, 11) is 3.11. The molecule has 27 heavy (non-hydrogen) atoms. The van der Waals surface area contributed by atoms with Gasteiger partial charge in [0.1, 0.15) is 10.6 Å². The molecule has 0 unspecified atom stereocenters. The number of carbonyl (C=O) groups is 2. The molecule has 0 radical (unpaired) electrons. The Labute approximate surface area is 166 Å². The van der Waals surface area contributed by atoms with E-state index in [0.29, 0.717) is 25.4 Å². The van der Waals surface area contributed by atoms with Crippen LogP contribution in [0.3, 0.4) is 0 Å². The van der Waals surface area contributed by atoms with E-state index in [2.05, 4.69) is 0 Å². The van der Waals surface area contributed by atoms with Crippen LogP contribution in [0.1, 0.15) is 10.4 Å². The lowest BCUT2D eigenvalue weighted by Gasteiger charge is -2.24. The normalized spacial score (nSPS) is 10.8. The van der Waals surface area contributed by atoms with Crippen molar-refractivity contribution >= 4 is 67.5 Å². The molecule has 1 aromatic carbocycles. The molecule has 0 aliphatic carbocycles. The number of fused-ring (bicyclic) bond motifs is 1. The summed E-state index contributed by atoms with van der Waals surface area (Å²) in [5.41, 5.74) is -0.696. The van der Waals surface area contributed by atoms with Crippen LogP contribution in [0.25, 0.3) is 10.3 Å². The zero-order chi connectivity index (χ0) is 19.9. The molecule has 1 N–H and O–H groups in total. The third-order valence-electron chi connectivity index (χ3n) is 3.78. The van der Waals surface area contributed by atoms with Gasteiger partial charge in [-0.1, -0.05) is 23.2 Å². The molecule has 0 atom stereocenters. The topological polar surface area (TPSA) is 91.1 Å². The van der Waals surface area contributed by atoms with Crippen molar-refractivity contribution in [1.82, 2.24) is 0 Å². The number of urea groups is 1. The number of hydrogen-bond acceptors (Lipinski definition) is 5. The number of carboxylic acids is 1. The number of hydrogen-bond donors (Lipinski definition) is 1. The van der Waals surface area contributed by atoms with E-state index in [1.165, 1.54) is 21.9 Å². The standard InChI is InChI=1S/C17H12Cl2N2O5S/c1-20(10-4-8(18)3-9(19)5-10)17(25)21(2)14-7-12-13(27-14)6-11(15(22)23)16(24)26-12/h3-7H,1-2H3,(H,22,23). The van der Waals surface area contributed by atoms with Gasteiger partial charge in [0.05, 0.1) is 4.70 Å². The maximum atomic E-state index is 12.8. The Balaban J connectivity index is 1.94. The minimum Gasteiger partial charge on any atom is -0.477 e. The summed E-state index contributed by atoms with van der Waals surface area (Å²) in [5.74, 6) is -1.37. The van der Waals surface area contributed by atoms with E-state index in [4.69, 9.17) is 32.7 Å². The molecule has 0 aliphatic heterocycles. The minimum atomic E-state index is -1.37. The lowest BCUT2D eigenvalue weighted by Crippen LogP contribution is -2.38. The maximum Gasteiger partial charge on any atom is 0.351 e. The first-order valence-corrected chi connectivity index (χ1v) is 9.03. The van der Waals surface area contributed by atoms with Gasteiger partial charge >= 0.3 is 17.6 Å². The van der Waals surface area contributed by atoms with Gasteiger partial charge < -0.3 is 9.52 Å². The molecule has 3 rings (SSSR count). The van der Waals surface area contributed by atoms with E-state index in [1.807, 2.05) is 0 Å². The number of carboxylic acid groups (broad SMARTS) is 1. The number of thiophene rings is 1. The Kier molecular flexibility index (Phi) is 5.14. The molecular formula is C17H12Cl2N2O5S. The zero-order valence-corrected chi connectivity index (χ0v) is 16.4. The van der Waals surface area contributed by atoms with Crippen molar-refractivity contribution in [2.75, 3.05) is 23.9 Å². The van der Waals surface area contributed by atoms with E-state index in [0.717, 1.165) is 11.3 Å². The molecule has 0 saturated carbocycles. The predicted molar refractivity (Wildman–Crippen MR) is 106 cm³/mol. The lowest BCUT2D eigenvalue weighted by atomic mass is 10.3. The van der Waals surface area contributed by atoms with Crippen LogP contribution < -0.4 is 15.4 Å². The largest absolute Gasteiger partial charge is 0.477 e. The third kappa shape index (κ3) is 3.78. The number of amides is 2. The average Bonchev–Trinajstić information content (AvgIpc) is 3.00. The number of anilines is 2. The highest BCUT2D eigenvalue weighted by Crippen LogP contribution is 2.33. The van der Waals surface area contributed by atoms with E-state index in [-0.39, 0.29) is 11.6 Å². The smallest absolute Gasteiger partial charge is 0.351 e. The molecule has 2 aromatic heterocycles. The minimum absolute atomic E-state index is 0.207. The number of benzene rings is 1. The number of nitrogens with zero attached hydrogens (tertiary/aromatic N) is 2. The predicted octanol–water partition coefficient (Wildman–Crippen LogP) is 4.55. The van der Waals surface area contributed by atoms with E-state index in [9.17, 15) is 14.4 Å². The highest BCUT2D eigenvalue weighted by molar-refractivity contribution is 7.22. The van der Waals surface area contributed by atoms with E-state index < -0.39 is 17.2 Å². The van der Waals surface area contributed by atoms with Gasteiger partial charge in [-0.2, -0.15) is 0 Å². The molecule has 2 heterocycles. The molecular weight excluding hydrogens is 415 g/mol. The second-order valence-electron chi connectivity index (χ2n) is 5.59. The summed E-state index contributed by atoms with van der Waals surface area (Å²) in [4.78, 5) is 38.2. The summed E-state index contributed by atoms with van der Waals surface area (Å²) < 4.78 is 5.47. The van der Waals surface area contributed by atoms with Gasteiger partial charge in [-0.25, -0.2) is 14.4 Å². The van der Waals surface area contributed by atoms with Gasteiger partial charge in [0.2, 0.25) is 0 Å². The van der Waals surface area contributed by atoms with E-state index >= 15 is 0 Å². The summed E-state index contributed by atoms with van der Waals surface area (Å²) in [5, 5.41) is 10.3. The van der Waals surface area contributed by atoms with Gasteiger partial charge in [0.25, 0.3) is 0 Å². The Hall–Kier alpha value is -2.55. The van der Waals surface area contributed by atoms with Crippen molar-refractivity contribution in [3.05, 3.63) is 56.4 Å². The fraction of sp³-hybridized carbons (Fsp3) is 0.118. The highest BCUT2D eigenvalue weighted by Gasteiger charge is 2.21. The van der Waals surface area contributed by atoms with Crippen molar-refractivity contribution in [3.63, 3.8) is 0 Å². The molecule has 0 aliphatic rings. The Morgan fingerprint density at radius 3 is 2.26 bits per heavy atom. The van der Waals surface area contributed by atoms with Crippen LogP contribution >= 0.6 is 34.5 Å². The quantitative estimate of drug-likeness (QED) is 0.662. The number of halogens is 2. The van der Waals surface area contributed by atoms with Gasteiger partial charge in [-0.3, -0.25) is 9.80 Å². The fourth-order valence-corrected chi connectivity index (χ4v) is 3.88. The Morgan fingerprint density at radius 1 is 1.04 bits per heavy atom. The summed E-state index contributed by atoms with van der Waals surface area (Å²) >= 11 is 13.1. The number of aromatic carboxylic acids is 1. The molecule has 0 spiro atoms. The maximum absolute atomic E-state index is 12.8. The first kappa shape index (κ1) is 19.2. The van der Waals surface area contributed by atoms with Gasteiger partial charge in [0.15, 0.2) is 5.58 Å². The molecule has 2 amide bonds. The average molecular weight is 427 g/mol. The molecule has 0 saturated heterocycles. The molecule has 10 heteroatoms. The molecule has 140 valence electrons. The van der Waals surface area contributed by atoms with Crippen LogP contribution in [0.4, 0.5) is 15.5 Å². The second-order valence-corrected chi connectivity index (χ2v) is 7.53. The van der Waals surface area contributed by atoms with Crippen molar-refractivity contribution in [2.45, 2.75) is 0 Å². The number of carbonyl (C=O) groups excluding carboxylic acids is 1. The van der Waals surface area contributed by atoms with Crippen LogP contribution in [0.15, 0.2) is 39.5 Å². The van der Waals surface area contributed by atoms with Gasteiger partial charge in [0, 0.05) is 35.9 Å². The lowest BCUT2D eigenvalue weighted by molar-refractivity contribution is 0.0692. The van der Waals surface area contributed by atoms with Crippen LogP contribution in [0, 0.1) is 0 Å². The van der Waals surface area contributed by atoms with Crippen LogP contribution in [0.2, 0.25) is 10.0 Å². The second kappa shape index (κ2) is 7.22. The highest BCUT2D eigenvalue weighted by atomic mass is 35.5. The third-order valence-corrected chi connectivity index (χ3v) is 5.36. The SMILES string of the molecule is CN(C(=O)N(C)c1cc2oc(=O)c(C(=O)O)cc2s1)c1cc(Cl)cc(Cl)c1. The molecule has 7 nitrogen and oxygen atoms in total. The first-order valence-electron chi connectivity index (χ1n) is 7.46. The number of rotatable bonds is 3. The van der Waals surface area contributed by atoms with Crippen LogP contribution in [-0.4, -0.2) is 31.2 Å². The summed E-state index contributed by atoms with van der Waals surface area (Å²) in [6, 6.07) is 7.11. The summed E-state index contributed by atoms with van der Waals surface area (Å²) in [6.07, 6.45) is 0. The Bertz CT molecular complexity index is 1100. The van der Waals surface area contributed by atoms with Crippen LogP contribution in [0.5, 0.6) is 0 Å². The Morgan fingerprint density at radius 2 is 1.67 bits per heavy atom. The van der Waals surface area contributed by atoms with Gasteiger partial charge in [-0.05, 0) is 24.3 Å².